The van der Waals surface area contributed by atoms with Gasteiger partial charge in [0.25, 0.3) is 0 Å². The number of carbonyl (C=O) groups excluding carboxylic acids is 1. The van der Waals surface area contributed by atoms with Gasteiger partial charge in [-0.15, -0.1) is 0 Å². The number of aliphatic hydroxyl groups excluding tert-OH is 2. The van der Waals surface area contributed by atoms with Gasteiger partial charge in [-0.2, -0.15) is 0 Å². The molecule has 0 aliphatic heterocycles. The molecule has 0 bridgehead atoms. The molecule has 0 saturated heterocycles. The fraction of sp³-hybridized carbons (Fsp3) is 0.308. The van der Waals surface area contributed by atoms with E-state index in [1.807, 2.05) is 30.3 Å². The molecule has 0 saturated carbocycles. The van der Waals surface area contributed by atoms with E-state index in [4.69, 9.17) is 19.7 Å². The molecule has 1 aromatic carbocycles. The first-order valence-electron chi connectivity index (χ1n) is 5.44. The molecular weight excluding hydrogens is 236 g/mol. The second-order valence-corrected chi connectivity index (χ2v) is 3.56. The zero-order chi connectivity index (χ0) is 13.4. The molecule has 0 fully saturated rings. The van der Waals surface area contributed by atoms with Crippen molar-refractivity contribution in [3.63, 3.8) is 0 Å². The fourth-order valence-corrected chi connectivity index (χ4v) is 1.20. The number of aliphatic hydroxyl groups is 2. The van der Waals surface area contributed by atoms with Gasteiger partial charge in [0.1, 0.15) is 12.7 Å². The van der Waals surface area contributed by atoms with Crippen LogP contribution in [0.15, 0.2) is 36.1 Å². The van der Waals surface area contributed by atoms with Crippen LogP contribution in [0.1, 0.15) is 5.56 Å². The lowest BCUT2D eigenvalue weighted by Gasteiger charge is -2.10. The molecule has 0 heterocycles. The van der Waals surface area contributed by atoms with Crippen molar-refractivity contribution in [1.29, 1.82) is 0 Å². The van der Waals surface area contributed by atoms with Gasteiger partial charge in [-0.05, 0) is 11.6 Å². The minimum Gasteiger partial charge on any atom is -0.490 e. The highest BCUT2D eigenvalue weighted by Gasteiger charge is 2.13. The zero-order valence-electron chi connectivity index (χ0n) is 10.1. The number of esters is 1. The Labute approximate surface area is 105 Å². The van der Waals surface area contributed by atoms with E-state index in [1.54, 1.807) is 0 Å². The Hall–Kier alpha value is -1.85. The maximum absolute atomic E-state index is 11.6. The van der Waals surface area contributed by atoms with Gasteiger partial charge in [-0.25, -0.2) is 4.79 Å². The lowest BCUT2D eigenvalue weighted by Crippen LogP contribution is -2.22. The topological polar surface area (TPSA) is 76.0 Å². The summed E-state index contributed by atoms with van der Waals surface area (Å²) in [4.78, 5) is 11.6. The number of ether oxygens (including phenoxy) is 2. The second-order valence-electron chi connectivity index (χ2n) is 3.56. The van der Waals surface area contributed by atoms with Crippen molar-refractivity contribution >= 4 is 12.0 Å². The van der Waals surface area contributed by atoms with E-state index < -0.39 is 18.7 Å². The molecule has 1 rings (SSSR count). The third-order valence-corrected chi connectivity index (χ3v) is 2.14. The van der Waals surface area contributed by atoms with Gasteiger partial charge in [0.05, 0.1) is 13.7 Å². The van der Waals surface area contributed by atoms with Crippen molar-refractivity contribution in [2.45, 2.75) is 6.10 Å². The normalized spacial score (nSPS) is 12.9. The van der Waals surface area contributed by atoms with Crippen LogP contribution in [0.2, 0.25) is 0 Å². The highest BCUT2D eigenvalue weighted by Crippen LogP contribution is 2.08. The van der Waals surface area contributed by atoms with Gasteiger partial charge in [-0.1, -0.05) is 30.3 Å². The van der Waals surface area contributed by atoms with Crippen LogP contribution in [0.5, 0.6) is 0 Å². The van der Waals surface area contributed by atoms with E-state index in [2.05, 4.69) is 0 Å². The van der Waals surface area contributed by atoms with Crippen molar-refractivity contribution in [2.24, 2.45) is 0 Å². The van der Waals surface area contributed by atoms with Crippen LogP contribution in [0, 0.1) is 0 Å². The Kier molecular flexibility index (Phi) is 5.90. The van der Waals surface area contributed by atoms with Crippen LogP contribution in [-0.4, -0.2) is 42.6 Å². The molecule has 5 nitrogen and oxygen atoms in total. The smallest absolute Gasteiger partial charge is 0.373 e. The molecule has 0 amide bonds. The Bertz CT molecular complexity index is 399. The van der Waals surface area contributed by atoms with Crippen molar-refractivity contribution < 1.29 is 24.5 Å². The molecule has 0 aliphatic carbocycles. The van der Waals surface area contributed by atoms with Crippen molar-refractivity contribution in [3.05, 3.63) is 41.7 Å². The SMILES string of the molecule is COC(=Cc1ccccc1)C(=O)OCC(O)CO. The van der Waals surface area contributed by atoms with Crippen LogP contribution < -0.4 is 0 Å². The third-order valence-electron chi connectivity index (χ3n) is 2.14. The molecule has 98 valence electrons. The molecule has 0 aliphatic rings. The molecule has 0 radical (unpaired) electrons. The van der Waals surface area contributed by atoms with E-state index in [9.17, 15) is 4.79 Å². The zero-order valence-corrected chi connectivity index (χ0v) is 10.1. The summed E-state index contributed by atoms with van der Waals surface area (Å²) in [5.41, 5.74) is 0.800. The third kappa shape index (κ3) is 4.57. The van der Waals surface area contributed by atoms with Gasteiger partial charge in [0.15, 0.2) is 0 Å². The molecule has 1 unspecified atom stereocenters. The minimum atomic E-state index is -1.08. The number of hydrogen-bond donors (Lipinski definition) is 2. The molecule has 0 spiro atoms. The molecule has 1 aromatic rings. The van der Waals surface area contributed by atoms with Crippen LogP contribution in [0.25, 0.3) is 6.08 Å². The Balaban J connectivity index is 2.66. The van der Waals surface area contributed by atoms with Gasteiger partial charge in [0.2, 0.25) is 5.76 Å². The van der Waals surface area contributed by atoms with E-state index in [0.717, 1.165) is 5.56 Å². The first-order valence-corrected chi connectivity index (χ1v) is 5.44. The van der Waals surface area contributed by atoms with Gasteiger partial charge < -0.3 is 19.7 Å². The molecule has 5 heteroatoms. The number of methoxy groups -OCH3 is 1. The monoisotopic (exact) mass is 252 g/mol. The Morgan fingerprint density at radius 2 is 2.06 bits per heavy atom. The van der Waals surface area contributed by atoms with Crippen LogP contribution in [0.3, 0.4) is 0 Å². The highest BCUT2D eigenvalue weighted by molar-refractivity contribution is 5.91. The van der Waals surface area contributed by atoms with Crippen LogP contribution >= 0.6 is 0 Å². The van der Waals surface area contributed by atoms with Crippen LogP contribution in [0.4, 0.5) is 0 Å². The number of hydrogen-bond acceptors (Lipinski definition) is 5. The summed E-state index contributed by atoms with van der Waals surface area (Å²) in [6, 6.07) is 9.16. The average Bonchev–Trinajstić information content (AvgIpc) is 2.42. The Morgan fingerprint density at radius 3 is 2.61 bits per heavy atom. The standard InChI is InChI=1S/C13H16O5/c1-17-12(7-10-5-3-2-4-6-10)13(16)18-9-11(15)8-14/h2-7,11,14-15H,8-9H2,1H3. The first-order chi connectivity index (χ1) is 8.67. The summed E-state index contributed by atoms with van der Waals surface area (Å²) in [6.07, 6.45) is 0.456. The largest absolute Gasteiger partial charge is 0.490 e. The van der Waals surface area contributed by atoms with Crippen molar-refractivity contribution in [3.8, 4) is 0 Å². The summed E-state index contributed by atoms with van der Waals surface area (Å²) in [6.45, 7) is -0.733. The Morgan fingerprint density at radius 1 is 1.39 bits per heavy atom. The molecular formula is C13H16O5. The maximum Gasteiger partial charge on any atom is 0.373 e. The second kappa shape index (κ2) is 7.47. The summed E-state index contributed by atoms with van der Waals surface area (Å²) in [5, 5.41) is 17.7. The number of carbonyl (C=O) groups is 1. The van der Waals surface area contributed by atoms with E-state index in [1.165, 1.54) is 13.2 Å². The lowest BCUT2D eigenvalue weighted by atomic mass is 10.2. The predicted octanol–water partition coefficient (Wildman–Crippen LogP) is 0.570. The molecule has 18 heavy (non-hydrogen) atoms. The first kappa shape index (κ1) is 14.2. The predicted molar refractivity (Wildman–Crippen MR) is 65.5 cm³/mol. The molecule has 1 atom stereocenters. The quantitative estimate of drug-likeness (QED) is 0.440. The van der Waals surface area contributed by atoms with Gasteiger partial charge in [-0.3, -0.25) is 0 Å². The van der Waals surface area contributed by atoms with Crippen molar-refractivity contribution in [1.82, 2.24) is 0 Å². The van der Waals surface area contributed by atoms with Gasteiger partial charge in [0, 0.05) is 0 Å². The summed E-state index contributed by atoms with van der Waals surface area (Å²) in [5.74, 6) is -0.653. The van der Waals surface area contributed by atoms with E-state index in [0.29, 0.717) is 0 Å². The summed E-state index contributed by atoms with van der Waals surface area (Å²) >= 11 is 0. The summed E-state index contributed by atoms with van der Waals surface area (Å²) in [7, 11) is 1.36. The highest BCUT2D eigenvalue weighted by atomic mass is 16.6. The van der Waals surface area contributed by atoms with Crippen molar-refractivity contribution in [2.75, 3.05) is 20.3 Å². The molecule has 0 aromatic heterocycles. The number of rotatable bonds is 6. The maximum atomic E-state index is 11.6. The number of benzene rings is 1. The molecule has 2 N–H and O–H groups in total. The fourth-order valence-electron chi connectivity index (χ4n) is 1.20. The lowest BCUT2D eigenvalue weighted by molar-refractivity contribution is -0.146. The minimum absolute atomic E-state index is 0.0336. The summed E-state index contributed by atoms with van der Waals surface area (Å²) < 4.78 is 9.70. The van der Waals surface area contributed by atoms with E-state index >= 15 is 0 Å². The average molecular weight is 252 g/mol. The van der Waals surface area contributed by atoms with Gasteiger partial charge >= 0.3 is 5.97 Å². The van der Waals surface area contributed by atoms with Crippen LogP contribution in [-0.2, 0) is 14.3 Å². The van der Waals surface area contributed by atoms with E-state index in [-0.39, 0.29) is 12.4 Å².